The standard InChI is InChI=1S/C14H16ClN3O2/c1-3-11-7-12(4-2)17(16-11)9-10-5-6-13(18(19)20)8-14(10)15/h5-8H,3-4,9H2,1-2H3. The second-order valence-electron chi connectivity index (χ2n) is 4.52. The van der Waals surface area contributed by atoms with E-state index >= 15 is 0 Å². The second kappa shape index (κ2) is 6.05. The summed E-state index contributed by atoms with van der Waals surface area (Å²) in [7, 11) is 0. The highest BCUT2D eigenvalue weighted by Gasteiger charge is 2.12. The van der Waals surface area contributed by atoms with E-state index in [-0.39, 0.29) is 5.69 Å². The van der Waals surface area contributed by atoms with Gasteiger partial charge in [0, 0.05) is 17.8 Å². The van der Waals surface area contributed by atoms with Crippen LogP contribution in [0.4, 0.5) is 5.69 Å². The molecular formula is C14H16ClN3O2. The quantitative estimate of drug-likeness (QED) is 0.625. The van der Waals surface area contributed by atoms with Crippen LogP contribution < -0.4 is 0 Å². The molecule has 0 atom stereocenters. The third-order valence-electron chi connectivity index (χ3n) is 3.21. The third-order valence-corrected chi connectivity index (χ3v) is 3.56. The Morgan fingerprint density at radius 1 is 1.30 bits per heavy atom. The van der Waals surface area contributed by atoms with Crippen LogP contribution in [0.2, 0.25) is 5.02 Å². The van der Waals surface area contributed by atoms with Gasteiger partial charge >= 0.3 is 0 Å². The number of nitrogens with zero attached hydrogens (tertiary/aromatic N) is 3. The summed E-state index contributed by atoms with van der Waals surface area (Å²) in [6.45, 7) is 4.66. The van der Waals surface area contributed by atoms with Crippen molar-refractivity contribution in [3.63, 3.8) is 0 Å². The van der Waals surface area contributed by atoms with Crippen molar-refractivity contribution in [3.05, 3.63) is 56.4 Å². The first-order chi connectivity index (χ1) is 9.55. The monoisotopic (exact) mass is 293 g/mol. The lowest BCUT2D eigenvalue weighted by Gasteiger charge is -2.07. The number of nitro groups is 1. The fourth-order valence-electron chi connectivity index (χ4n) is 2.05. The largest absolute Gasteiger partial charge is 0.270 e. The Morgan fingerprint density at radius 2 is 2.05 bits per heavy atom. The van der Waals surface area contributed by atoms with Gasteiger partial charge in [-0.1, -0.05) is 25.4 Å². The van der Waals surface area contributed by atoms with Crippen LogP contribution in [-0.2, 0) is 19.4 Å². The Morgan fingerprint density at radius 3 is 2.60 bits per heavy atom. The molecule has 0 aliphatic rings. The van der Waals surface area contributed by atoms with Crippen LogP contribution in [0.25, 0.3) is 0 Å². The lowest BCUT2D eigenvalue weighted by molar-refractivity contribution is -0.384. The van der Waals surface area contributed by atoms with Crippen molar-refractivity contribution in [1.29, 1.82) is 0 Å². The first kappa shape index (κ1) is 14.5. The van der Waals surface area contributed by atoms with Gasteiger partial charge in [0.05, 0.1) is 22.2 Å². The Bertz CT molecular complexity index is 637. The first-order valence-electron chi connectivity index (χ1n) is 6.53. The summed E-state index contributed by atoms with van der Waals surface area (Å²) < 4.78 is 1.91. The van der Waals surface area contributed by atoms with Crippen molar-refractivity contribution in [2.45, 2.75) is 33.2 Å². The molecule has 0 bridgehead atoms. The highest BCUT2D eigenvalue weighted by atomic mass is 35.5. The van der Waals surface area contributed by atoms with E-state index in [4.69, 9.17) is 11.6 Å². The molecule has 2 aromatic rings. The summed E-state index contributed by atoms with van der Waals surface area (Å²) in [5, 5.41) is 15.6. The lowest BCUT2D eigenvalue weighted by Crippen LogP contribution is -2.06. The van der Waals surface area contributed by atoms with Gasteiger partial charge < -0.3 is 0 Å². The number of aryl methyl sites for hydroxylation is 2. The molecular weight excluding hydrogens is 278 g/mol. The smallest absolute Gasteiger partial charge is 0.265 e. The normalized spacial score (nSPS) is 10.8. The van der Waals surface area contributed by atoms with Crippen LogP contribution in [0.3, 0.4) is 0 Å². The van der Waals surface area contributed by atoms with Gasteiger partial charge in [-0.05, 0) is 30.5 Å². The molecule has 106 valence electrons. The maximum atomic E-state index is 10.7. The van der Waals surface area contributed by atoms with Crippen LogP contribution in [0, 0.1) is 10.1 Å². The summed E-state index contributed by atoms with van der Waals surface area (Å²) >= 11 is 6.11. The fourth-order valence-corrected chi connectivity index (χ4v) is 2.28. The number of halogens is 1. The number of aromatic nitrogens is 2. The summed E-state index contributed by atoms with van der Waals surface area (Å²) in [6.07, 6.45) is 1.77. The number of hydrogen-bond donors (Lipinski definition) is 0. The number of nitro benzene ring substituents is 1. The summed E-state index contributed by atoms with van der Waals surface area (Å²) in [6, 6.07) is 6.62. The van der Waals surface area contributed by atoms with Crippen molar-refractivity contribution >= 4 is 17.3 Å². The Kier molecular flexibility index (Phi) is 4.39. The molecule has 0 aliphatic heterocycles. The maximum Gasteiger partial charge on any atom is 0.270 e. The van der Waals surface area contributed by atoms with Gasteiger partial charge in [0.1, 0.15) is 0 Å². The molecule has 0 spiro atoms. The van der Waals surface area contributed by atoms with E-state index in [9.17, 15) is 10.1 Å². The first-order valence-corrected chi connectivity index (χ1v) is 6.91. The molecule has 6 heteroatoms. The number of non-ortho nitro benzene ring substituents is 1. The van der Waals surface area contributed by atoms with Gasteiger partial charge in [-0.15, -0.1) is 0 Å². The highest BCUT2D eigenvalue weighted by molar-refractivity contribution is 6.31. The molecule has 0 fully saturated rings. The van der Waals surface area contributed by atoms with Crippen molar-refractivity contribution in [2.75, 3.05) is 0 Å². The molecule has 2 rings (SSSR count). The zero-order valence-corrected chi connectivity index (χ0v) is 12.2. The molecule has 0 saturated carbocycles. The van der Waals surface area contributed by atoms with Gasteiger partial charge in [-0.2, -0.15) is 5.10 Å². The molecule has 0 radical (unpaired) electrons. The van der Waals surface area contributed by atoms with Gasteiger partial charge in [0.25, 0.3) is 5.69 Å². The highest BCUT2D eigenvalue weighted by Crippen LogP contribution is 2.23. The SMILES string of the molecule is CCc1cc(CC)n(Cc2ccc([N+](=O)[O-])cc2Cl)n1. The third kappa shape index (κ3) is 2.99. The Labute approximate surface area is 122 Å². The molecule has 0 amide bonds. The predicted molar refractivity (Wildman–Crippen MR) is 78.2 cm³/mol. The molecule has 0 saturated heterocycles. The molecule has 1 heterocycles. The van der Waals surface area contributed by atoms with Crippen molar-refractivity contribution in [3.8, 4) is 0 Å². The predicted octanol–water partition coefficient (Wildman–Crippen LogP) is 3.62. The minimum atomic E-state index is -0.448. The van der Waals surface area contributed by atoms with Crippen LogP contribution >= 0.6 is 11.6 Å². The molecule has 0 aliphatic carbocycles. The van der Waals surface area contributed by atoms with Crippen LogP contribution in [0.15, 0.2) is 24.3 Å². The van der Waals surface area contributed by atoms with Gasteiger partial charge in [0.2, 0.25) is 0 Å². The van der Waals surface area contributed by atoms with E-state index in [1.807, 2.05) is 4.68 Å². The lowest BCUT2D eigenvalue weighted by atomic mass is 10.2. The molecule has 0 unspecified atom stereocenters. The summed E-state index contributed by atoms with van der Waals surface area (Å²) in [5.41, 5.74) is 3.01. The summed E-state index contributed by atoms with van der Waals surface area (Å²) in [5.74, 6) is 0. The van der Waals surface area contributed by atoms with Crippen molar-refractivity contribution in [1.82, 2.24) is 9.78 Å². The van der Waals surface area contributed by atoms with Crippen molar-refractivity contribution in [2.24, 2.45) is 0 Å². The average molecular weight is 294 g/mol. The second-order valence-corrected chi connectivity index (χ2v) is 4.93. The number of hydrogen-bond acceptors (Lipinski definition) is 3. The fraction of sp³-hybridized carbons (Fsp3) is 0.357. The van der Waals surface area contributed by atoms with Crippen LogP contribution in [0.1, 0.15) is 30.8 Å². The van der Waals surface area contributed by atoms with Gasteiger partial charge in [-0.25, -0.2) is 0 Å². The van der Waals surface area contributed by atoms with E-state index in [0.717, 1.165) is 29.8 Å². The van der Waals surface area contributed by atoms with E-state index in [1.165, 1.54) is 12.1 Å². The van der Waals surface area contributed by atoms with Crippen molar-refractivity contribution < 1.29 is 4.92 Å². The van der Waals surface area contributed by atoms with Crippen LogP contribution in [-0.4, -0.2) is 14.7 Å². The Balaban J connectivity index is 2.30. The van der Waals surface area contributed by atoms with Gasteiger partial charge in [0.15, 0.2) is 0 Å². The maximum absolute atomic E-state index is 10.7. The van der Waals surface area contributed by atoms with Crippen LogP contribution in [0.5, 0.6) is 0 Å². The van der Waals surface area contributed by atoms with E-state index < -0.39 is 4.92 Å². The molecule has 1 aromatic carbocycles. The topological polar surface area (TPSA) is 61.0 Å². The molecule has 5 nitrogen and oxygen atoms in total. The minimum Gasteiger partial charge on any atom is -0.265 e. The zero-order chi connectivity index (χ0) is 14.7. The minimum absolute atomic E-state index is 0.00387. The van der Waals surface area contributed by atoms with E-state index in [2.05, 4.69) is 25.0 Å². The molecule has 0 N–H and O–H groups in total. The zero-order valence-electron chi connectivity index (χ0n) is 11.5. The van der Waals surface area contributed by atoms with E-state index in [1.54, 1.807) is 6.07 Å². The Hall–Kier alpha value is -1.88. The number of benzene rings is 1. The molecule has 1 aromatic heterocycles. The summed E-state index contributed by atoms with van der Waals surface area (Å²) in [4.78, 5) is 10.2. The number of rotatable bonds is 5. The van der Waals surface area contributed by atoms with Gasteiger partial charge in [-0.3, -0.25) is 14.8 Å². The average Bonchev–Trinajstić information content (AvgIpc) is 2.83. The van der Waals surface area contributed by atoms with E-state index in [0.29, 0.717) is 11.6 Å². The molecule has 20 heavy (non-hydrogen) atoms.